The van der Waals surface area contributed by atoms with Gasteiger partial charge in [-0.2, -0.15) is 4.39 Å². The maximum Gasteiger partial charge on any atom is 0.305 e. The zero-order valence-corrected chi connectivity index (χ0v) is 8.18. The predicted molar refractivity (Wildman–Crippen MR) is 51.7 cm³/mol. The molecule has 0 saturated heterocycles. The van der Waals surface area contributed by atoms with Crippen LogP contribution < -0.4 is 4.74 Å². The molecule has 0 spiro atoms. The number of ketones is 1. The molecule has 6 heteroatoms. The van der Waals surface area contributed by atoms with E-state index >= 15 is 0 Å². The molecule has 2 rings (SSSR count). The Labute approximate surface area is 90.0 Å². The largest absolute Gasteiger partial charge is 0.489 e. The van der Waals surface area contributed by atoms with Crippen molar-refractivity contribution in [2.45, 2.75) is 18.9 Å². The van der Waals surface area contributed by atoms with Gasteiger partial charge < -0.3 is 4.74 Å². The number of nitro benzene ring substituents is 1. The average molecular weight is 225 g/mol. The van der Waals surface area contributed by atoms with Crippen molar-refractivity contribution in [1.82, 2.24) is 0 Å². The lowest BCUT2D eigenvalue weighted by molar-refractivity contribution is -0.387. The number of ether oxygens (including phenoxy) is 1. The van der Waals surface area contributed by atoms with Gasteiger partial charge in [-0.15, -0.1) is 0 Å². The third-order valence-electron chi connectivity index (χ3n) is 2.33. The van der Waals surface area contributed by atoms with Gasteiger partial charge in [0.15, 0.2) is 0 Å². The summed E-state index contributed by atoms with van der Waals surface area (Å²) in [4.78, 5) is 20.2. The smallest absolute Gasteiger partial charge is 0.305 e. The molecule has 1 aromatic carbocycles. The average Bonchev–Trinajstić information content (AvgIpc) is 2.15. The normalized spacial score (nSPS) is 15.7. The summed E-state index contributed by atoms with van der Waals surface area (Å²) in [6.07, 6.45) is 0.408. The van der Waals surface area contributed by atoms with Crippen LogP contribution in [0.3, 0.4) is 0 Å². The van der Waals surface area contributed by atoms with Gasteiger partial charge >= 0.3 is 5.69 Å². The molecule has 1 aliphatic rings. The molecule has 84 valence electrons. The van der Waals surface area contributed by atoms with Crippen molar-refractivity contribution >= 4 is 11.5 Å². The van der Waals surface area contributed by atoms with Crippen LogP contribution in [-0.4, -0.2) is 16.8 Å². The first kappa shape index (κ1) is 10.5. The summed E-state index contributed by atoms with van der Waals surface area (Å²) < 4.78 is 18.4. The summed E-state index contributed by atoms with van der Waals surface area (Å²) in [6, 6.07) is 3.33. The Balaban J connectivity index is 2.09. The molecule has 0 aliphatic heterocycles. The summed E-state index contributed by atoms with van der Waals surface area (Å²) in [5, 5.41) is 10.3. The number of halogens is 1. The highest BCUT2D eigenvalue weighted by Crippen LogP contribution is 2.26. The molecular formula is C10H8FNO4. The van der Waals surface area contributed by atoms with Crippen molar-refractivity contribution in [3.05, 3.63) is 34.1 Å². The number of carbonyl (C=O) groups excluding carboxylic acids is 1. The molecule has 0 amide bonds. The van der Waals surface area contributed by atoms with Gasteiger partial charge in [-0.1, -0.05) is 0 Å². The highest BCUT2D eigenvalue weighted by atomic mass is 19.1. The number of carbonyl (C=O) groups is 1. The van der Waals surface area contributed by atoms with Gasteiger partial charge in [0.05, 0.1) is 4.92 Å². The molecule has 0 unspecified atom stereocenters. The molecule has 1 saturated carbocycles. The van der Waals surface area contributed by atoms with Crippen LogP contribution in [-0.2, 0) is 4.79 Å². The Kier molecular flexibility index (Phi) is 2.55. The van der Waals surface area contributed by atoms with E-state index in [0.29, 0.717) is 12.8 Å². The molecule has 0 atom stereocenters. The zero-order chi connectivity index (χ0) is 11.7. The van der Waals surface area contributed by atoms with Crippen molar-refractivity contribution < 1.29 is 18.8 Å². The SMILES string of the molecule is O=C1CC(Oc2ccc([N+](=O)[O-])c(F)c2)C1. The summed E-state index contributed by atoms with van der Waals surface area (Å²) in [6.45, 7) is 0. The van der Waals surface area contributed by atoms with Gasteiger partial charge in [0, 0.05) is 25.0 Å². The van der Waals surface area contributed by atoms with E-state index in [2.05, 4.69) is 0 Å². The molecule has 0 aromatic heterocycles. The highest BCUT2D eigenvalue weighted by molar-refractivity contribution is 5.85. The molecule has 5 nitrogen and oxygen atoms in total. The van der Waals surface area contributed by atoms with Crippen molar-refractivity contribution in [2.24, 2.45) is 0 Å². The number of nitro groups is 1. The second-order valence-electron chi connectivity index (χ2n) is 3.56. The quantitative estimate of drug-likeness (QED) is 0.581. The topological polar surface area (TPSA) is 69.4 Å². The molecule has 0 heterocycles. The lowest BCUT2D eigenvalue weighted by Crippen LogP contribution is -2.33. The summed E-state index contributed by atoms with van der Waals surface area (Å²) in [5.74, 6) is -0.624. The van der Waals surface area contributed by atoms with Gasteiger partial charge in [0.25, 0.3) is 0 Å². The number of benzene rings is 1. The molecule has 1 aliphatic carbocycles. The second-order valence-corrected chi connectivity index (χ2v) is 3.56. The molecule has 16 heavy (non-hydrogen) atoms. The molecule has 1 fully saturated rings. The van der Waals surface area contributed by atoms with Gasteiger partial charge in [-0.25, -0.2) is 0 Å². The molecule has 1 aromatic rings. The molecule has 0 radical (unpaired) electrons. The maximum atomic E-state index is 13.2. The van der Waals surface area contributed by atoms with Gasteiger partial charge in [0.1, 0.15) is 17.6 Å². The second kappa shape index (κ2) is 3.88. The monoisotopic (exact) mass is 225 g/mol. The fourth-order valence-electron chi connectivity index (χ4n) is 1.43. The van der Waals surface area contributed by atoms with E-state index in [1.807, 2.05) is 0 Å². The van der Waals surface area contributed by atoms with Crippen LogP contribution in [0, 0.1) is 15.9 Å². The minimum atomic E-state index is -0.937. The van der Waals surface area contributed by atoms with Crippen LogP contribution in [0.5, 0.6) is 5.75 Å². The number of rotatable bonds is 3. The van der Waals surface area contributed by atoms with Crippen LogP contribution in [0.4, 0.5) is 10.1 Å². The summed E-state index contributed by atoms with van der Waals surface area (Å²) >= 11 is 0. The van der Waals surface area contributed by atoms with E-state index in [0.717, 1.165) is 12.1 Å². The van der Waals surface area contributed by atoms with E-state index in [9.17, 15) is 19.3 Å². The van der Waals surface area contributed by atoms with E-state index < -0.39 is 16.4 Å². The lowest BCUT2D eigenvalue weighted by atomic mass is 9.94. The lowest BCUT2D eigenvalue weighted by Gasteiger charge is -2.24. The fraction of sp³-hybridized carbons (Fsp3) is 0.300. The van der Waals surface area contributed by atoms with Crippen LogP contribution in [0.15, 0.2) is 18.2 Å². The third kappa shape index (κ3) is 2.00. The standard InChI is InChI=1S/C10H8FNO4/c11-9-5-7(1-2-10(9)12(14)15)16-8-3-6(13)4-8/h1-2,5,8H,3-4H2. The van der Waals surface area contributed by atoms with E-state index in [-0.39, 0.29) is 17.6 Å². The first-order valence-corrected chi connectivity index (χ1v) is 4.68. The first-order chi connectivity index (χ1) is 7.56. The minimum absolute atomic E-state index is 0.104. The predicted octanol–water partition coefficient (Wildman–Crippen LogP) is 1.84. The van der Waals surface area contributed by atoms with E-state index in [1.165, 1.54) is 6.07 Å². The van der Waals surface area contributed by atoms with Gasteiger partial charge in [-0.05, 0) is 6.07 Å². The van der Waals surface area contributed by atoms with E-state index in [1.54, 1.807) is 0 Å². The van der Waals surface area contributed by atoms with Crippen molar-refractivity contribution in [3.8, 4) is 5.75 Å². The van der Waals surface area contributed by atoms with Crippen molar-refractivity contribution in [2.75, 3.05) is 0 Å². The van der Waals surface area contributed by atoms with Gasteiger partial charge in [-0.3, -0.25) is 14.9 Å². The highest BCUT2D eigenvalue weighted by Gasteiger charge is 2.28. The molecular weight excluding hydrogens is 217 g/mol. The van der Waals surface area contributed by atoms with Gasteiger partial charge in [0.2, 0.25) is 5.82 Å². The number of nitrogens with zero attached hydrogens (tertiary/aromatic N) is 1. The minimum Gasteiger partial charge on any atom is -0.489 e. The third-order valence-corrected chi connectivity index (χ3v) is 2.33. The summed E-state index contributed by atoms with van der Waals surface area (Å²) in [7, 11) is 0. The Morgan fingerprint density at radius 2 is 2.12 bits per heavy atom. The number of Topliss-reactive ketones (excluding diaryl/α,β-unsaturated/α-hetero) is 1. The van der Waals surface area contributed by atoms with E-state index in [4.69, 9.17) is 4.74 Å². The number of hydrogen-bond acceptors (Lipinski definition) is 4. The Hall–Kier alpha value is -1.98. The Morgan fingerprint density at radius 3 is 2.62 bits per heavy atom. The Bertz CT molecular complexity index is 452. The van der Waals surface area contributed by atoms with Crippen LogP contribution in [0.2, 0.25) is 0 Å². The van der Waals surface area contributed by atoms with Crippen LogP contribution >= 0.6 is 0 Å². The van der Waals surface area contributed by atoms with Crippen LogP contribution in [0.1, 0.15) is 12.8 Å². The first-order valence-electron chi connectivity index (χ1n) is 4.68. The summed E-state index contributed by atoms with van der Waals surface area (Å²) in [5.41, 5.74) is -0.586. The van der Waals surface area contributed by atoms with Crippen molar-refractivity contribution in [1.29, 1.82) is 0 Å². The fourth-order valence-corrected chi connectivity index (χ4v) is 1.43. The molecule has 0 bridgehead atoms. The van der Waals surface area contributed by atoms with Crippen LogP contribution in [0.25, 0.3) is 0 Å². The molecule has 0 N–H and O–H groups in total. The Morgan fingerprint density at radius 1 is 1.44 bits per heavy atom. The number of hydrogen-bond donors (Lipinski definition) is 0. The maximum absolute atomic E-state index is 13.2. The zero-order valence-electron chi connectivity index (χ0n) is 8.18. The van der Waals surface area contributed by atoms with Crippen molar-refractivity contribution in [3.63, 3.8) is 0 Å².